The molecule has 0 unspecified atom stereocenters. The van der Waals surface area contributed by atoms with Crippen LogP contribution in [-0.4, -0.2) is 22.3 Å². The number of H-pyrrole nitrogens is 1. The third-order valence-electron chi connectivity index (χ3n) is 6.75. The van der Waals surface area contributed by atoms with E-state index in [4.69, 9.17) is 23.2 Å². The molecule has 1 amide bonds. The highest BCUT2D eigenvalue weighted by Gasteiger charge is 2.52. The van der Waals surface area contributed by atoms with Crippen LogP contribution in [0.1, 0.15) is 60.3 Å². The summed E-state index contributed by atoms with van der Waals surface area (Å²) >= 11 is 12.0. The van der Waals surface area contributed by atoms with E-state index in [0.29, 0.717) is 21.3 Å². The van der Waals surface area contributed by atoms with E-state index < -0.39 is 0 Å². The van der Waals surface area contributed by atoms with E-state index in [0.717, 1.165) is 23.4 Å². The van der Waals surface area contributed by atoms with Crippen molar-refractivity contribution in [1.82, 2.24) is 15.6 Å². The molecule has 1 aromatic heterocycles. The lowest BCUT2D eigenvalue weighted by atomic mass is 9.49. The lowest BCUT2D eigenvalue weighted by Crippen LogP contribution is -2.48. The van der Waals surface area contributed by atoms with Crippen LogP contribution >= 0.6 is 23.2 Å². The number of carbonyl (C=O) groups excluding carboxylic acids is 1. The molecule has 6 rings (SSSR count). The maximum Gasteiger partial charge on any atom is 0.291 e. The molecule has 4 saturated carbocycles. The molecule has 7 heteroatoms. The SMILES string of the molecule is O=C(NN=Cc1ccc(Cl)cc1Cl)c1cc(C23CC4CC(CC(C4)C2)C3)[nH]n1. The number of aromatic nitrogens is 2. The predicted molar refractivity (Wildman–Crippen MR) is 110 cm³/mol. The number of hydrogen-bond donors (Lipinski definition) is 2. The summed E-state index contributed by atoms with van der Waals surface area (Å²) in [5, 5.41) is 12.5. The fraction of sp³-hybridized carbons (Fsp3) is 0.476. The summed E-state index contributed by atoms with van der Waals surface area (Å²) in [6.45, 7) is 0. The van der Waals surface area contributed by atoms with Crippen molar-refractivity contribution in [1.29, 1.82) is 0 Å². The van der Waals surface area contributed by atoms with Gasteiger partial charge in [0.25, 0.3) is 5.91 Å². The van der Waals surface area contributed by atoms with Crippen LogP contribution in [0.5, 0.6) is 0 Å². The summed E-state index contributed by atoms with van der Waals surface area (Å²) < 4.78 is 0. The Bertz CT molecular complexity index is 916. The number of nitrogens with one attached hydrogen (secondary N) is 2. The first-order valence-electron chi connectivity index (χ1n) is 9.85. The normalized spacial score (nSPS) is 30.9. The molecule has 28 heavy (non-hydrogen) atoms. The summed E-state index contributed by atoms with van der Waals surface area (Å²) in [6.07, 6.45) is 9.37. The average molecular weight is 417 g/mol. The molecular formula is C21H22Cl2N4O. The van der Waals surface area contributed by atoms with Crippen LogP contribution in [-0.2, 0) is 5.41 Å². The number of nitrogens with zero attached hydrogens (tertiary/aromatic N) is 2. The largest absolute Gasteiger partial charge is 0.291 e. The number of hydrazone groups is 1. The molecule has 146 valence electrons. The molecule has 4 fully saturated rings. The van der Waals surface area contributed by atoms with Crippen LogP contribution in [0.4, 0.5) is 0 Å². The number of amides is 1. The van der Waals surface area contributed by atoms with Crippen LogP contribution in [0.25, 0.3) is 0 Å². The van der Waals surface area contributed by atoms with Crippen molar-refractivity contribution in [3.63, 3.8) is 0 Å². The zero-order valence-corrected chi connectivity index (χ0v) is 16.9. The molecule has 4 aliphatic rings. The molecule has 1 aromatic carbocycles. The second-order valence-corrected chi connectivity index (χ2v) is 9.57. The first-order valence-corrected chi connectivity index (χ1v) is 10.6. The Morgan fingerprint density at radius 1 is 1.14 bits per heavy atom. The first kappa shape index (κ1) is 18.2. The Kier molecular flexibility index (Phi) is 4.48. The van der Waals surface area contributed by atoms with Gasteiger partial charge in [-0.3, -0.25) is 9.89 Å². The van der Waals surface area contributed by atoms with Crippen LogP contribution in [0, 0.1) is 17.8 Å². The fourth-order valence-electron chi connectivity index (χ4n) is 5.97. The molecule has 0 spiro atoms. The Morgan fingerprint density at radius 3 is 2.46 bits per heavy atom. The highest BCUT2D eigenvalue weighted by molar-refractivity contribution is 6.36. The summed E-state index contributed by atoms with van der Waals surface area (Å²) in [4.78, 5) is 12.5. The van der Waals surface area contributed by atoms with Gasteiger partial charge in [0.05, 0.1) is 11.2 Å². The van der Waals surface area contributed by atoms with E-state index in [1.165, 1.54) is 44.7 Å². The van der Waals surface area contributed by atoms with Gasteiger partial charge in [-0.2, -0.15) is 10.2 Å². The van der Waals surface area contributed by atoms with E-state index in [9.17, 15) is 4.79 Å². The van der Waals surface area contributed by atoms with Gasteiger partial charge in [0.15, 0.2) is 5.69 Å². The molecule has 2 N–H and O–H groups in total. The number of aromatic amines is 1. The highest BCUT2D eigenvalue weighted by Crippen LogP contribution is 2.60. The van der Waals surface area contributed by atoms with Crippen LogP contribution in [0.2, 0.25) is 10.0 Å². The highest BCUT2D eigenvalue weighted by atomic mass is 35.5. The molecule has 0 saturated heterocycles. The minimum absolute atomic E-state index is 0.195. The Labute approximate surface area is 173 Å². The molecule has 0 aliphatic heterocycles. The molecule has 4 aliphatic carbocycles. The topological polar surface area (TPSA) is 70.1 Å². The first-order chi connectivity index (χ1) is 13.5. The zero-order chi connectivity index (χ0) is 19.3. The maximum absolute atomic E-state index is 12.5. The van der Waals surface area contributed by atoms with Gasteiger partial charge >= 0.3 is 0 Å². The van der Waals surface area contributed by atoms with Crippen molar-refractivity contribution < 1.29 is 4.79 Å². The smallest absolute Gasteiger partial charge is 0.281 e. The van der Waals surface area contributed by atoms with Crippen molar-refractivity contribution in [3.05, 3.63) is 51.3 Å². The third-order valence-corrected chi connectivity index (χ3v) is 7.31. The van der Waals surface area contributed by atoms with Gasteiger partial charge in [-0.25, -0.2) is 5.43 Å². The summed E-state index contributed by atoms with van der Waals surface area (Å²) in [5.41, 5.74) is 4.92. The van der Waals surface area contributed by atoms with Gasteiger partial charge in [-0.05, 0) is 74.5 Å². The van der Waals surface area contributed by atoms with Gasteiger partial charge in [0.1, 0.15) is 0 Å². The van der Waals surface area contributed by atoms with E-state index in [1.54, 1.807) is 18.2 Å². The Hall–Kier alpha value is -1.85. The van der Waals surface area contributed by atoms with Crippen molar-refractivity contribution in [3.8, 4) is 0 Å². The number of benzene rings is 1. The Morgan fingerprint density at radius 2 is 1.82 bits per heavy atom. The molecule has 0 radical (unpaired) electrons. The predicted octanol–water partition coefficient (Wildman–Crippen LogP) is 4.95. The number of hydrogen-bond acceptors (Lipinski definition) is 3. The van der Waals surface area contributed by atoms with Crippen molar-refractivity contribution in [2.45, 2.75) is 43.9 Å². The van der Waals surface area contributed by atoms with Crippen LogP contribution in [0.3, 0.4) is 0 Å². The lowest BCUT2D eigenvalue weighted by Gasteiger charge is -2.56. The fourth-order valence-corrected chi connectivity index (χ4v) is 6.43. The second-order valence-electron chi connectivity index (χ2n) is 8.73. The van der Waals surface area contributed by atoms with Crippen molar-refractivity contribution in [2.75, 3.05) is 0 Å². The van der Waals surface area contributed by atoms with Crippen molar-refractivity contribution >= 4 is 35.3 Å². The summed E-state index contributed by atoms with van der Waals surface area (Å²) in [6, 6.07) is 7.03. The third kappa shape index (κ3) is 3.25. The summed E-state index contributed by atoms with van der Waals surface area (Å²) in [5.74, 6) is 2.22. The lowest BCUT2D eigenvalue weighted by molar-refractivity contribution is -0.00721. The molecule has 0 atom stereocenters. The zero-order valence-electron chi connectivity index (χ0n) is 15.4. The average Bonchev–Trinajstić information content (AvgIpc) is 3.13. The van der Waals surface area contributed by atoms with E-state index >= 15 is 0 Å². The molecule has 4 bridgehead atoms. The van der Waals surface area contributed by atoms with Gasteiger partial charge in [0, 0.05) is 21.7 Å². The van der Waals surface area contributed by atoms with Crippen LogP contribution < -0.4 is 5.43 Å². The van der Waals surface area contributed by atoms with Crippen molar-refractivity contribution in [2.24, 2.45) is 22.9 Å². The monoisotopic (exact) mass is 416 g/mol. The quantitative estimate of drug-likeness (QED) is 0.546. The minimum Gasteiger partial charge on any atom is -0.281 e. The molecular weight excluding hydrogens is 395 g/mol. The number of halogens is 2. The minimum atomic E-state index is -0.325. The van der Waals surface area contributed by atoms with E-state index in [-0.39, 0.29) is 11.3 Å². The Balaban J connectivity index is 1.28. The molecule has 2 aromatic rings. The van der Waals surface area contributed by atoms with Gasteiger partial charge in [0.2, 0.25) is 0 Å². The van der Waals surface area contributed by atoms with Gasteiger partial charge in [-0.1, -0.05) is 29.3 Å². The summed E-state index contributed by atoms with van der Waals surface area (Å²) in [7, 11) is 0. The van der Waals surface area contributed by atoms with Gasteiger partial charge in [-0.15, -0.1) is 0 Å². The maximum atomic E-state index is 12.5. The van der Waals surface area contributed by atoms with Gasteiger partial charge < -0.3 is 0 Å². The van der Waals surface area contributed by atoms with E-state index in [2.05, 4.69) is 20.7 Å². The molecule has 1 heterocycles. The number of carbonyl (C=O) groups is 1. The van der Waals surface area contributed by atoms with E-state index in [1.807, 2.05) is 6.07 Å². The second kappa shape index (κ2) is 6.89. The van der Waals surface area contributed by atoms with Crippen LogP contribution in [0.15, 0.2) is 29.4 Å². The molecule has 5 nitrogen and oxygen atoms in total. The number of rotatable bonds is 4. The standard InChI is InChI=1S/C21H22Cl2N4O/c22-16-2-1-15(17(23)6-16)11-24-27-20(28)18-7-19(26-25-18)21-8-12-3-13(9-21)5-14(4-12)10-21/h1-2,6-7,11-14H,3-5,8-10H2,(H,25,26)(H,27,28).